The first-order valence-electron chi connectivity index (χ1n) is 9.87. The van der Waals surface area contributed by atoms with Crippen LogP contribution in [0.5, 0.6) is 0 Å². The van der Waals surface area contributed by atoms with Crippen molar-refractivity contribution >= 4 is 38.3 Å². The zero-order valence-electron chi connectivity index (χ0n) is 17.6. The van der Waals surface area contributed by atoms with E-state index in [1.807, 2.05) is 12.1 Å². The van der Waals surface area contributed by atoms with Crippen LogP contribution in [0.4, 0.5) is 11.4 Å². The predicted octanol–water partition coefficient (Wildman–Crippen LogP) is 2.80. The zero-order valence-corrected chi connectivity index (χ0v) is 18.4. The van der Waals surface area contributed by atoms with E-state index in [0.717, 1.165) is 5.52 Å². The molecule has 0 saturated heterocycles. The van der Waals surface area contributed by atoms with Crippen molar-refractivity contribution in [3.63, 3.8) is 0 Å². The van der Waals surface area contributed by atoms with Gasteiger partial charge in [0.25, 0.3) is 10.0 Å². The van der Waals surface area contributed by atoms with Gasteiger partial charge in [0.05, 0.1) is 21.6 Å². The molecule has 0 saturated carbocycles. The lowest BCUT2D eigenvalue weighted by atomic mass is 10.3. The molecule has 0 aliphatic rings. The molecule has 1 amide bonds. The molecular weight excluding hydrogens is 428 g/mol. The van der Waals surface area contributed by atoms with E-state index in [1.54, 1.807) is 61.6 Å². The summed E-state index contributed by atoms with van der Waals surface area (Å²) in [7, 11) is -0.693. The van der Waals surface area contributed by atoms with Gasteiger partial charge in [0, 0.05) is 19.8 Å². The van der Waals surface area contributed by atoms with Crippen molar-refractivity contribution in [1.82, 2.24) is 9.13 Å². The number of anilines is 2. The molecule has 0 aliphatic heterocycles. The van der Waals surface area contributed by atoms with E-state index in [0.29, 0.717) is 16.9 Å². The predicted molar refractivity (Wildman–Crippen MR) is 124 cm³/mol. The Morgan fingerprint density at radius 2 is 1.59 bits per heavy atom. The van der Waals surface area contributed by atoms with Crippen LogP contribution in [0.2, 0.25) is 0 Å². The highest BCUT2D eigenvalue weighted by molar-refractivity contribution is 7.92. The van der Waals surface area contributed by atoms with Gasteiger partial charge in [-0.1, -0.05) is 36.4 Å². The zero-order chi connectivity index (χ0) is 22.9. The molecule has 9 heteroatoms. The number of fused-ring (bicyclic) bond motifs is 1. The lowest BCUT2D eigenvalue weighted by Crippen LogP contribution is -2.28. The van der Waals surface area contributed by atoms with E-state index >= 15 is 0 Å². The first-order chi connectivity index (χ1) is 15.3. The van der Waals surface area contributed by atoms with Gasteiger partial charge in [-0.2, -0.15) is 0 Å². The number of amides is 1. The molecule has 4 aromatic rings. The number of nitrogens with zero attached hydrogens (tertiary/aromatic N) is 3. The third-order valence-electron chi connectivity index (χ3n) is 5.25. The normalized spacial score (nSPS) is 11.4. The summed E-state index contributed by atoms with van der Waals surface area (Å²) in [6.07, 6.45) is 0. The molecule has 3 aromatic carbocycles. The maximum Gasteiger partial charge on any atom is 0.329 e. The van der Waals surface area contributed by atoms with Crippen molar-refractivity contribution in [2.75, 3.05) is 16.7 Å². The lowest BCUT2D eigenvalue weighted by Gasteiger charge is -2.20. The van der Waals surface area contributed by atoms with Crippen LogP contribution in [0.25, 0.3) is 11.0 Å². The molecule has 0 bridgehead atoms. The van der Waals surface area contributed by atoms with E-state index < -0.39 is 15.9 Å². The van der Waals surface area contributed by atoms with Gasteiger partial charge in [-0.05, 0) is 42.5 Å². The Labute approximate surface area is 185 Å². The first kappa shape index (κ1) is 21.4. The van der Waals surface area contributed by atoms with E-state index in [2.05, 4.69) is 5.32 Å². The molecule has 0 spiro atoms. The molecule has 1 N–H and O–H groups in total. The quantitative estimate of drug-likeness (QED) is 0.489. The topological polar surface area (TPSA) is 93.4 Å². The molecule has 0 radical (unpaired) electrons. The monoisotopic (exact) mass is 450 g/mol. The van der Waals surface area contributed by atoms with Crippen LogP contribution in [0.3, 0.4) is 0 Å². The second-order valence-corrected chi connectivity index (χ2v) is 9.27. The average molecular weight is 451 g/mol. The molecule has 1 aromatic heterocycles. The van der Waals surface area contributed by atoms with Gasteiger partial charge in [0.15, 0.2) is 0 Å². The number of aromatic nitrogens is 2. The highest BCUT2D eigenvalue weighted by Crippen LogP contribution is 2.23. The second kappa shape index (κ2) is 8.35. The fraction of sp³-hybridized carbons (Fsp3) is 0.130. The fourth-order valence-electron chi connectivity index (χ4n) is 3.53. The number of aryl methyl sites for hydroxylation is 1. The standard InChI is InChI=1S/C23H22N4O4S/c1-25-20-13-6-7-14-21(20)27(23(25)29)16-22(28)24-17-9-8-12-19(15-17)32(30,31)26(2)18-10-4-3-5-11-18/h3-15H,16H2,1-2H3,(H,24,28). The van der Waals surface area contributed by atoms with Gasteiger partial charge in [-0.15, -0.1) is 0 Å². The van der Waals surface area contributed by atoms with Crippen molar-refractivity contribution in [2.45, 2.75) is 11.4 Å². The number of hydrogen-bond acceptors (Lipinski definition) is 4. The minimum atomic E-state index is -3.82. The Morgan fingerprint density at radius 1 is 0.938 bits per heavy atom. The molecule has 32 heavy (non-hydrogen) atoms. The summed E-state index contributed by atoms with van der Waals surface area (Å²) in [6, 6.07) is 22.0. The van der Waals surface area contributed by atoms with Crippen LogP contribution < -0.4 is 15.3 Å². The van der Waals surface area contributed by atoms with Crippen molar-refractivity contribution < 1.29 is 13.2 Å². The molecule has 0 fully saturated rings. The van der Waals surface area contributed by atoms with E-state index in [1.165, 1.54) is 32.6 Å². The van der Waals surface area contributed by atoms with Gasteiger partial charge in [-0.3, -0.25) is 18.2 Å². The smallest absolute Gasteiger partial charge is 0.324 e. The van der Waals surface area contributed by atoms with Crippen LogP contribution in [0, 0.1) is 0 Å². The summed E-state index contributed by atoms with van der Waals surface area (Å²) in [6.45, 7) is -0.193. The number of nitrogens with one attached hydrogen (secondary N) is 1. The van der Waals surface area contributed by atoms with Crippen LogP contribution in [0.15, 0.2) is 88.6 Å². The van der Waals surface area contributed by atoms with Gasteiger partial charge >= 0.3 is 5.69 Å². The Hall–Kier alpha value is -3.85. The third kappa shape index (κ3) is 3.90. The van der Waals surface area contributed by atoms with Crippen molar-refractivity contribution in [2.24, 2.45) is 7.05 Å². The van der Waals surface area contributed by atoms with E-state index in [-0.39, 0.29) is 17.1 Å². The molecule has 0 aliphatic carbocycles. The maximum absolute atomic E-state index is 13.0. The molecule has 1 heterocycles. The highest BCUT2D eigenvalue weighted by Gasteiger charge is 2.22. The van der Waals surface area contributed by atoms with Gasteiger partial charge in [-0.25, -0.2) is 13.2 Å². The summed E-state index contributed by atoms with van der Waals surface area (Å²) >= 11 is 0. The number of sulfonamides is 1. The SMILES string of the molecule is CN(c1ccccc1)S(=O)(=O)c1cccc(NC(=O)Cn2c(=O)n(C)c3ccccc32)c1. The van der Waals surface area contributed by atoms with Gasteiger partial charge < -0.3 is 5.32 Å². The molecule has 0 unspecified atom stereocenters. The molecule has 8 nitrogen and oxygen atoms in total. The lowest BCUT2D eigenvalue weighted by molar-refractivity contribution is -0.116. The molecule has 164 valence electrons. The Bertz CT molecular complexity index is 1460. The van der Waals surface area contributed by atoms with Crippen LogP contribution in [0.1, 0.15) is 0 Å². The summed E-state index contributed by atoms with van der Waals surface area (Å²) in [5.74, 6) is -0.436. The Balaban J connectivity index is 1.57. The first-order valence-corrected chi connectivity index (χ1v) is 11.3. The van der Waals surface area contributed by atoms with Crippen molar-refractivity contribution in [1.29, 1.82) is 0 Å². The molecule has 4 rings (SSSR count). The van der Waals surface area contributed by atoms with Crippen molar-refractivity contribution in [3.8, 4) is 0 Å². The Kier molecular flexibility index (Phi) is 5.58. The Morgan fingerprint density at radius 3 is 2.31 bits per heavy atom. The van der Waals surface area contributed by atoms with Crippen molar-refractivity contribution in [3.05, 3.63) is 89.3 Å². The second-order valence-electron chi connectivity index (χ2n) is 7.30. The highest BCUT2D eigenvalue weighted by atomic mass is 32.2. The summed E-state index contributed by atoms with van der Waals surface area (Å²) in [5, 5.41) is 2.69. The number of rotatable bonds is 6. The summed E-state index contributed by atoms with van der Waals surface area (Å²) < 4.78 is 30.1. The number of para-hydroxylation sites is 3. The number of imidazole rings is 1. The largest absolute Gasteiger partial charge is 0.329 e. The van der Waals surface area contributed by atoms with Crippen LogP contribution in [-0.4, -0.2) is 30.5 Å². The van der Waals surface area contributed by atoms with Crippen LogP contribution in [-0.2, 0) is 28.4 Å². The molecule has 0 atom stereocenters. The van der Waals surface area contributed by atoms with Crippen LogP contribution >= 0.6 is 0 Å². The summed E-state index contributed by atoms with van der Waals surface area (Å²) in [5.41, 5.74) is 1.92. The van der Waals surface area contributed by atoms with E-state index in [9.17, 15) is 18.0 Å². The number of carbonyl (C=O) groups excluding carboxylic acids is 1. The summed E-state index contributed by atoms with van der Waals surface area (Å²) in [4.78, 5) is 25.2. The number of carbonyl (C=O) groups is 1. The maximum atomic E-state index is 13.0. The van der Waals surface area contributed by atoms with E-state index in [4.69, 9.17) is 0 Å². The fourth-order valence-corrected chi connectivity index (χ4v) is 4.77. The number of benzene rings is 3. The third-order valence-corrected chi connectivity index (χ3v) is 7.03. The van der Waals surface area contributed by atoms with Gasteiger partial charge in [0.2, 0.25) is 5.91 Å². The van der Waals surface area contributed by atoms with Gasteiger partial charge in [0.1, 0.15) is 6.54 Å². The minimum absolute atomic E-state index is 0.0454. The average Bonchev–Trinajstić information content (AvgIpc) is 3.04. The molecular formula is C23H22N4O4S. The number of hydrogen-bond donors (Lipinski definition) is 1. The minimum Gasteiger partial charge on any atom is -0.324 e.